The van der Waals surface area contributed by atoms with E-state index >= 15 is 0 Å². The van der Waals surface area contributed by atoms with Gasteiger partial charge in [0.05, 0.1) is 17.4 Å². The Labute approximate surface area is 142 Å². The molecule has 0 N–H and O–H groups in total. The maximum atomic E-state index is 4.44. The van der Waals surface area contributed by atoms with E-state index in [4.69, 9.17) is 0 Å². The zero-order valence-corrected chi connectivity index (χ0v) is 14.6. The highest BCUT2D eigenvalue weighted by Gasteiger charge is 2.05. The molecule has 0 atom stereocenters. The summed E-state index contributed by atoms with van der Waals surface area (Å²) >= 11 is 0. The van der Waals surface area contributed by atoms with Gasteiger partial charge in [0.1, 0.15) is 17.8 Å². The first kappa shape index (κ1) is 16.2. The molecule has 0 saturated carbocycles. The van der Waals surface area contributed by atoms with Crippen LogP contribution in [-0.4, -0.2) is 23.8 Å². The van der Waals surface area contributed by atoms with Crippen molar-refractivity contribution in [1.29, 1.82) is 0 Å². The van der Waals surface area contributed by atoms with Crippen molar-refractivity contribution in [2.24, 2.45) is 0 Å². The molecule has 5 heteroatoms. The van der Waals surface area contributed by atoms with Crippen LogP contribution in [0.4, 0.5) is 0 Å². The van der Waals surface area contributed by atoms with Crippen LogP contribution in [0.5, 0.6) is 0 Å². The molecule has 0 aliphatic heterocycles. The molecule has 0 fully saturated rings. The van der Waals surface area contributed by atoms with Crippen molar-refractivity contribution in [3.05, 3.63) is 66.9 Å². The zero-order chi connectivity index (χ0) is 17.1. The number of fused-ring (bicyclic) bond motifs is 2. The summed E-state index contributed by atoms with van der Waals surface area (Å²) in [5, 5.41) is 0. The first-order chi connectivity index (χ1) is 11.6. The summed E-state index contributed by atoms with van der Waals surface area (Å²) in [5.74, 6) is 2.09. The molecule has 0 aliphatic rings. The molecular weight excluding hydrogens is 298 g/mol. The Hall–Kier alpha value is -2.69. The average molecular weight is 321 g/mol. The van der Waals surface area contributed by atoms with E-state index in [1.807, 2.05) is 35.0 Å². The van der Waals surface area contributed by atoms with E-state index in [2.05, 4.69) is 59.3 Å². The predicted molar refractivity (Wildman–Crippen MR) is 96.4 cm³/mol. The van der Waals surface area contributed by atoms with E-state index in [0.29, 0.717) is 11.8 Å². The fraction of sp³-hybridized carbons (Fsp3) is 0.316. The van der Waals surface area contributed by atoms with E-state index in [9.17, 15) is 0 Å². The van der Waals surface area contributed by atoms with E-state index < -0.39 is 0 Å². The fourth-order valence-corrected chi connectivity index (χ4v) is 2.53. The molecule has 4 heterocycles. The van der Waals surface area contributed by atoms with Gasteiger partial charge in [0.2, 0.25) is 0 Å². The Balaban J connectivity index is 0.000000141. The lowest BCUT2D eigenvalue weighted by atomic mass is 10.2. The van der Waals surface area contributed by atoms with E-state index in [0.717, 1.165) is 17.2 Å². The van der Waals surface area contributed by atoms with Crippen LogP contribution in [-0.2, 0) is 0 Å². The van der Waals surface area contributed by atoms with Gasteiger partial charge in [-0.3, -0.25) is 4.40 Å². The minimum Gasteiger partial charge on any atom is -0.304 e. The van der Waals surface area contributed by atoms with Crippen molar-refractivity contribution >= 4 is 11.2 Å². The van der Waals surface area contributed by atoms with Crippen LogP contribution in [0, 0.1) is 0 Å². The number of pyridine rings is 1. The fourth-order valence-electron chi connectivity index (χ4n) is 2.53. The van der Waals surface area contributed by atoms with E-state index in [-0.39, 0.29) is 0 Å². The van der Waals surface area contributed by atoms with Crippen molar-refractivity contribution < 1.29 is 0 Å². The first-order valence-corrected chi connectivity index (χ1v) is 8.27. The van der Waals surface area contributed by atoms with E-state index in [1.165, 1.54) is 5.52 Å². The number of aromatic nitrogens is 5. The van der Waals surface area contributed by atoms with Crippen molar-refractivity contribution in [1.82, 2.24) is 23.8 Å². The Morgan fingerprint density at radius 2 is 1.83 bits per heavy atom. The topological polar surface area (TPSA) is 47.5 Å². The van der Waals surface area contributed by atoms with Gasteiger partial charge < -0.3 is 4.40 Å². The number of nitrogens with zero attached hydrogens (tertiary/aromatic N) is 5. The smallest absolute Gasteiger partial charge is 0.139 e. The molecule has 0 radical (unpaired) electrons. The lowest BCUT2D eigenvalue weighted by Crippen LogP contribution is -1.95. The van der Waals surface area contributed by atoms with Gasteiger partial charge >= 0.3 is 0 Å². The second-order valence-corrected chi connectivity index (χ2v) is 6.43. The Morgan fingerprint density at radius 3 is 2.54 bits per heavy atom. The number of rotatable bonds is 2. The highest BCUT2D eigenvalue weighted by molar-refractivity contribution is 5.45. The standard InChI is InChI=1S/C10H12N2.C9H11N3/c1-8(2)10-11-7-9-5-3-4-6-12(9)10;1-7(2)8-5-12-6-10-4-3-9(12)11-8/h3-8H,1-2H3;3-7H,1-2H3. The summed E-state index contributed by atoms with van der Waals surface area (Å²) in [6, 6.07) is 8.03. The van der Waals surface area contributed by atoms with Crippen LogP contribution >= 0.6 is 0 Å². The summed E-state index contributed by atoms with van der Waals surface area (Å²) in [6.07, 6.45) is 9.51. The summed E-state index contributed by atoms with van der Waals surface area (Å²) in [7, 11) is 0. The van der Waals surface area contributed by atoms with Gasteiger partial charge in [-0.1, -0.05) is 33.8 Å². The average Bonchev–Trinajstić information content (AvgIpc) is 3.19. The Morgan fingerprint density at radius 1 is 1.00 bits per heavy atom. The van der Waals surface area contributed by atoms with Gasteiger partial charge in [0.25, 0.3) is 0 Å². The molecule has 0 bridgehead atoms. The third-order valence-electron chi connectivity index (χ3n) is 3.86. The van der Waals surface area contributed by atoms with Gasteiger partial charge in [-0.25, -0.2) is 15.0 Å². The number of hydrogen-bond acceptors (Lipinski definition) is 3. The summed E-state index contributed by atoms with van der Waals surface area (Å²) < 4.78 is 4.07. The lowest BCUT2D eigenvalue weighted by Gasteiger charge is -2.02. The molecule has 24 heavy (non-hydrogen) atoms. The van der Waals surface area contributed by atoms with Crippen LogP contribution in [0.2, 0.25) is 0 Å². The monoisotopic (exact) mass is 321 g/mol. The second-order valence-electron chi connectivity index (χ2n) is 6.43. The molecule has 4 rings (SSSR count). The third kappa shape index (κ3) is 3.30. The molecule has 0 unspecified atom stereocenters. The Kier molecular flexibility index (Phi) is 4.60. The molecule has 4 aromatic heterocycles. The molecule has 0 amide bonds. The normalized spacial score (nSPS) is 11.2. The van der Waals surface area contributed by atoms with Crippen LogP contribution < -0.4 is 0 Å². The van der Waals surface area contributed by atoms with Crippen LogP contribution in [0.1, 0.15) is 51.0 Å². The van der Waals surface area contributed by atoms with Crippen LogP contribution in [0.3, 0.4) is 0 Å². The van der Waals surface area contributed by atoms with Crippen molar-refractivity contribution in [3.8, 4) is 0 Å². The van der Waals surface area contributed by atoms with Crippen molar-refractivity contribution in [3.63, 3.8) is 0 Å². The lowest BCUT2D eigenvalue weighted by molar-refractivity contribution is 0.770. The van der Waals surface area contributed by atoms with E-state index in [1.54, 1.807) is 12.5 Å². The minimum atomic E-state index is 0.477. The molecule has 124 valence electrons. The quantitative estimate of drug-likeness (QED) is 0.553. The van der Waals surface area contributed by atoms with Gasteiger partial charge in [0, 0.05) is 24.5 Å². The SMILES string of the molecule is CC(C)c1cn2cnccc2n1.CC(C)c1ncc2ccccn12. The summed E-state index contributed by atoms with van der Waals surface area (Å²) in [4.78, 5) is 12.8. The Bertz CT molecular complexity index is 892. The minimum absolute atomic E-state index is 0.477. The molecule has 0 aliphatic carbocycles. The highest BCUT2D eigenvalue weighted by atomic mass is 15.0. The third-order valence-corrected chi connectivity index (χ3v) is 3.86. The molecule has 4 aromatic rings. The molecule has 0 aromatic carbocycles. The molecule has 0 saturated heterocycles. The molecule has 0 spiro atoms. The van der Waals surface area contributed by atoms with Gasteiger partial charge in [-0.15, -0.1) is 0 Å². The zero-order valence-electron chi connectivity index (χ0n) is 14.6. The van der Waals surface area contributed by atoms with Crippen molar-refractivity contribution in [2.75, 3.05) is 0 Å². The molecular formula is C19H23N5. The van der Waals surface area contributed by atoms with Crippen LogP contribution in [0.25, 0.3) is 11.2 Å². The number of hydrogen-bond donors (Lipinski definition) is 0. The largest absolute Gasteiger partial charge is 0.304 e. The summed E-state index contributed by atoms with van der Waals surface area (Å²) in [5.41, 5.74) is 3.25. The maximum absolute atomic E-state index is 4.44. The predicted octanol–water partition coefficient (Wildman–Crippen LogP) is 4.31. The van der Waals surface area contributed by atoms with Crippen molar-refractivity contribution in [2.45, 2.75) is 39.5 Å². The summed E-state index contributed by atoms with van der Waals surface area (Å²) in [6.45, 7) is 8.58. The second kappa shape index (κ2) is 6.83. The van der Waals surface area contributed by atoms with Crippen LogP contribution in [0.15, 0.2) is 55.4 Å². The molecule has 5 nitrogen and oxygen atoms in total. The highest BCUT2D eigenvalue weighted by Crippen LogP contribution is 2.14. The van der Waals surface area contributed by atoms with Gasteiger partial charge in [0.15, 0.2) is 0 Å². The number of imidazole rings is 2. The maximum Gasteiger partial charge on any atom is 0.139 e. The van der Waals surface area contributed by atoms with Gasteiger partial charge in [-0.05, 0) is 24.1 Å². The van der Waals surface area contributed by atoms with Gasteiger partial charge in [-0.2, -0.15) is 0 Å². The first-order valence-electron chi connectivity index (χ1n) is 8.27.